The van der Waals surface area contributed by atoms with Crippen molar-refractivity contribution in [2.75, 3.05) is 13.2 Å². The zero-order chi connectivity index (χ0) is 14.5. The van der Waals surface area contributed by atoms with E-state index in [-0.39, 0.29) is 5.60 Å². The largest absolute Gasteiger partial charge is 0.375 e. The monoisotopic (exact) mass is 291 g/mol. The Morgan fingerprint density at radius 3 is 2.86 bits per heavy atom. The third kappa shape index (κ3) is 3.90. The Balaban J connectivity index is 1.63. The van der Waals surface area contributed by atoms with Crippen LogP contribution in [0.15, 0.2) is 11.6 Å². The molecule has 2 atom stereocenters. The standard InChI is InChI=1S/C19H33NO/c1-2-20-18(14-16-8-4-3-5-9-16)17-10-13-21-19(15-17)11-6-7-12-19/h8,17-18,20H,2-7,9-15H2,1H3. The van der Waals surface area contributed by atoms with Gasteiger partial charge in [-0.1, -0.05) is 31.4 Å². The minimum absolute atomic E-state index is 0.261. The van der Waals surface area contributed by atoms with E-state index >= 15 is 0 Å². The lowest BCUT2D eigenvalue weighted by Gasteiger charge is -2.42. The molecule has 21 heavy (non-hydrogen) atoms. The van der Waals surface area contributed by atoms with Crippen LogP contribution >= 0.6 is 0 Å². The highest BCUT2D eigenvalue weighted by molar-refractivity contribution is 5.08. The van der Waals surface area contributed by atoms with E-state index in [0.29, 0.717) is 6.04 Å². The maximum absolute atomic E-state index is 6.23. The van der Waals surface area contributed by atoms with Crippen molar-refractivity contribution in [1.82, 2.24) is 5.32 Å². The molecule has 0 aromatic heterocycles. The smallest absolute Gasteiger partial charge is 0.0685 e. The maximum Gasteiger partial charge on any atom is 0.0685 e. The molecule has 1 heterocycles. The molecule has 0 aromatic carbocycles. The van der Waals surface area contributed by atoms with Crippen molar-refractivity contribution in [3.8, 4) is 0 Å². The number of allylic oxidation sites excluding steroid dienone is 1. The van der Waals surface area contributed by atoms with Crippen LogP contribution in [-0.2, 0) is 4.74 Å². The van der Waals surface area contributed by atoms with Gasteiger partial charge in [-0.3, -0.25) is 0 Å². The van der Waals surface area contributed by atoms with Crippen LogP contribution in [0.25, 0.3) is 0 Å². The summed E-state index contributed by atoms with van der Waals surface area (Å²) in [6.45, 7) is 4.35. The van der Waals surface area contributed by atoms with E-state index in [1.807, 2.05) is 0 Å². The van der Waals surface area contributed by atoms with Gasteiger partial charge in [0.15, 0.2) is 0 Å². The lowest BCUT2D eigenvalue weighted by atomic mass is 9.78. The summed E-state index contributed by atoms with van der Waals surface area (Å²) in [5.41, 5.74) is 1.98. The summed E-state index contributed by atoms with van der Waals surface area (Å²) < 4.78 is 6.23. The van der Waals surface area contributed by atoms with Gasteiger partial charge in [0.25, 0.3) is 0 Å². The van der Waals surface area contributed by atoms with Crippen LogP contribution in [0.3, 0.4) is 0 Å². The second-order valence-corrected chi connectivity index (χ2v) is 7.47. The molecule has 2 unspecified atom stereocenters. The molecule has 1 spiro atoms. The lowest BCUT2D eigenvalue weighted by molar-refractivity contribution is -0.0978. The average molecular weight is 291 g/mol. The van der Waals surface area contributed by atoms with E-state index in [2.05, 4.69) is 18.3 Å². The highest BCUT2D eigenvalue weighted by atomic mass is 16.5. The van der Waals surface area contributed by atoms with Gasteiger partial charge in [-0.15, -0.1) is 0 Å². The summed E-state index contributed by atoms with van der Waals surface area (Å²) in [7, 11) is 0. The van der Waals surface area contributed by atoms with E-state index < -0.39 is 0 Å². The Kier molecular flexibility index (Phi) is 5.39. The molecule has 0 radical (unpaired) electrons. The molecular formula is C19H33NO. The highest BCUT2D eigenvalue weighted by Crippen LogP contribution is 2.43. The Labute approximate surface area is 130 Å². The van der Waals surface area contributed by atoms with Crippen LogP contribution < -0.4 is 5.32 Å². The summed E-state index contributed by atoms with van der Waals surface area (Å²) in [6, 6.07) is 0.681. The molecule has 0 amide bonds. The lowest BCUT2D eigenvalue weighted by Crippen LogP contribution is -2.46. The van der Waals surface area contributed by atoms with Crippen molar-refractivity contribution in [3.05, 3.63) is 11.6 Å². The first kappa shape index (κ1) is 15.6. The predicted molar refractivity (Wildman–Crippen MR) is 88.5 cm³/mol. The Bertz CT molecular complexity index is 357. The van der Waals surface area contributed by atoms with Crippen LogP contribution in [-0.4, -0.2) is 24.8 Å². The van der Waals surface area contributed by atoms with E-state index in [1.54, 1.807) is 5.57 Å². The van der Waals surface area contributed by atoms with Gasteiger partial charge < -0.3 is 10.1 Å². The van der Waals surface area contributed by atoms with Crippen molar-refractivity contribution < 1.29 is 4.74 Å². The SMILES string of the molecule is CCNC(CC1=CCCCC1)C1CCOC2(CCCC2)C1. The summed E-state index contributed by atoms with van der Waals surface area (Å²) in [4.78, 5) is 0. The van der Waals surface area contributed by atoms with Gasteiger partial charge in [0, 0.05) is 12.6 Å². The first-order valence-electron chi connectivity index (χ1n) is 9.36. The fourth-order valence-electron chi connectivity index (χ4n) is 4.82. The van der Waals surface area contributed by atoms with Crippen LogP contribution in [0.5, 0.6) is 0 Å². The molecule has 0 bridgehead atoms. The molecule has 2 nitrogen and oxygen atoms in total. The normalized spacial score (nSPS) is 30.3. The Morgan fingerprint density at radius 2 is 2.14 bits per heavy atom. The van der Waals surface area contributed by atoms with Crippen molar-refractivity contribution >= 4 is 0 Å². The molecule has 3 aliphatic rings. The van der Waals surface area contributed by atoms with Gasteiger partial charge in [0.05, 0.1) is 5.60 Å². The van der Waals surface area contributed by atoms with E-state index in [9.17, 15) is 0 Å². The molecule has 0 aromatic rings. The molecule has 1 aliphatic heterocycles. The summed E-state index contributed by atoms with van der Waals surface area (Å²) >= 11 is 0. The van der Waals surface area contributed by atoms with Gasteiger partial charge in [-0.2, -0.15) is 0 Å². The van der Waals surface area contributed by atoms with Gasteiger partial charge in [-0.25, -0.2) is 0 Å². The third-order valence-corrected chi connectivity index (χ3v) is 5.95. The van der Waals surface area contributed by atoms with Gasteiger partial charge >= 0.3 is 0 Å². The summed E-state index contributed by atoms with van der Waals surface area (Å²) in [5, 5.41) is 3.81. The van der Waals surface area contributed by atoms with E-state index in [1.165, 1.54) is 70.6 Å². The number of ether oxygens (including phenoxy) is 1. The van der Waals surface area contributed by atoms with Crippen molar-refractivity contribution in [2.24, 2.45) is 5.92 Å². The predicted octanol–water partition coefficient (Wildman–Crippen LogP) is 4.59. The zero-order valence-electron chi connectivity index (χ0n) is 13.8. The van der Waals surface area contributed by atoms with E-state index in [4.69, 9.17) is 4.74 Å². The average Bonchev–Trinajstić information content (AvgIpc) is 2.96. The van der Waals surface area contributed by atoms with Crippen molar-refractivity contribution in [3.63, 3.8) is 0 Å². The number of hydrogen-bond donors (Lipinski definition) is 1. The number of hydrogen-bond acceptors (Lipinski definition) is 2. The van der Waals surface area contributed by atoms with Gasteiger partial charge in [0.2, 0.25) is 0 Å². The Hall–Kier alpha value is -0.340. The third-order valence-electron chi connectivity index (χ3n) is 5.95. The summed E-state index contributed by atoms with van der Waals surface area (Å²) in [6.07, 6.45) is 17.2. The second-order valence-electron chi connectivity index (χ2n) is 7.47. The first-order chi connectivity index (χ1) is 10.3. The quantitative estimate of drug-likeness (QED) is 0.748. The molecule has 120 valence electrons. The van der Waals surface area contributed by atoms with Gasteiger partial charge in [0.1, 0.15) is 0 Å². The minimum Gasteiger partial charge on any atom is -0.375 e. The number of nitrogens with one attached hydrogen (secondary N) is 1. The van der Waals surface area contributed by atoms with E-state index in [0.717, 1.165) is 19.1 Å². The highest BCUT2D eigenvalue weighted by Gasteiger charge is 2.41. The molecule has 2 heteroatoms. The minimum atomic E-state index is 0.261. The zero-order valence-corrected chi connectivity index (χ0v) is 13.8. The summed E-state index contributed by atoms with van der Waals surface area (Å²) in [5.74, 6) is 0.819. The molecule has 3 rings (SSSR count). The molecule has 2 aliphatic carbocycles. The topological polar surface area (TPSA) is 21.3 Å². The molecule has 1 N–H and O–H groups in total. The number of rotatable bonds is 5. The fourth-order valence-corrected chi connectivity index (χ4v) is 4.82. The maximum atomic E-state index is 6.23. The molecule has 1 saturated carbocycles. The molecular weight excluding hydrogens is 258 g/mol. The van der Waals surface area contributed by atoms with Crippen molar-refractivity contribution in [2.45, 2.75) is 89.2 Å². The fraction of sp³-hybridized carbons (Fsp3) is 0.895. The van der Waals surface area contributed by atoms with Gasteiger partial charge in [-0.05, 0) is 70.3 Å². The Morgan fingerprint density at radius 1 is 1.29 bits per heavy atom. The molecule has 2 fully saturated rings. The van der Waals surface area contributed by atoms with Crippen molar-refractivity contribution in [1.29, 1.82) is 0 Å². The second kappa shape index (κ2) is 7.28. The van der Waals surface area contributed by atoms with Crippen LogP contribution in [0, 0.1) is 5.92 Å². The van der Waals surface area contributed by atoms with Crippen LogP contribution in [0.1, 0.15) is 77.6 Å². The molecule has 1 saturated heterocycles. The van der Waals surface area contributed by atoms with Crippen LogP contribution in [0.4, 0.5) is 0 Å². The first-order valence-corrected chi connectivity index (χ1v) is 9.36. The van der Waals surface area contributed by atoms with Crippen LogP contribution in [0.2, 0.25) is 0 Å².